The van der Waals surface area contributed by atoms with Crippen molar-refractivity contribution in [2.24, 2.45) is 0 Å². The molecule has 0 saturated carbocycles. The van der Waals surface area contributed by atoms with Gasteiger partial charge in [-0.05, 0) is 62.6 Å². The van der Waals surface area contributed by atoms with Gasteiger partial charge in [-0.25, -0.2) is 14.8 Å². The quantitative estimate of drug-likeness (QED) is 0.119. The Bertz CT molecular complexity index is 1680. The zero-order valence-corrected chi connectivity index (χ0v) is 25.6. The maximum Gasteiger partial charge on any atom is 0.343 e. The van der Waals surface area contributed by atoms with Crippen molar-refractivity contribution in [1.29, 1.82) is 0 Å². The Kier molecular flexibility index (Phi) is 9.92. The molecule has 0 amide bonds. The van der Waals surface area contributed by atoms with Gasteiger partial charge in [0.05, 0.1) is 40.8 Å². The largest absolute Gasteiger partial charge is 0.474 e. The SMILES string of the molecule is CCOC(=O)c1cn(-c2ccc(NCCCO)nc2)c2cc(N3CCCC3COc3nc(Cl)ccc3Cl)c(Cl)cc2c1=O. The molecule has 3 aromatic heterocycles. The number of anilines is 2. The molecule has 1 aromatic carbocycles. The average molecular weight is 647 g/mol. The average Bonchev–Trinajstić information content (AvgIpc) is 3.47. The summed E-state index contributed by atoms with van der Waals surface area (Å²) in [6.07, 6.45) is 5.46. The van der Waals surface area contributed by atoms with Crippen LogP contribution >= 0.6 is 34.8 Å². The fourth-order valence-electron chi connectivity index (χ4n) is 5.05. The van der Waals surface area contributed by atoms with E-state index in [9.17, 15) is 9.59 Å². The number of pyridine rings is 3. The Labute approximate surface area is 263 Å². The highest BCUT2D eigenvalue weighted by atomic mass is 35.5. The molecule has 4 heterocycles. The molecule has 0 spiro atoms. The first-order valence-corrected chi connectivity index (χ1v) is 15.0. The number of carbonyl (C=O) groups excluding carboxylic acids is 1. The predicted octanol–water partition coefficient (Wildman–Crippen LogP) is 5.76. The van der Waals surface area contributed by atoms with Crippen LogP contribution in [0.1, 0.15) is 36.5 Å². The number of nitrogens with zero attached hydrogens (tertiary/aromatic N) is 4. The van der Waals surface area contributed by atoms with E-state index >= 15 is 0 Å². The normalized spacial score (nSPS) is 14.7. The first-order valence-electron chi connectivity index (χ1n) is 13.9. The summed E-state index contributed by atoms with van der Waals surface area (Å²) in [5, 5.41) is 13.5. The van der Waals surface area contributed by atoms with Crippen molar-refractivity contribution in [2.75, 3.05) is 43.1 Å². The van der Waals surface area contributed by atoms with Gasteiger partial charge in [0.2, 0.25) is 11.3 Å². The van der Waals surface area contributed by atoms with E-state index in [1.165, 1.54) is 6.20 Å². The molecule has 1 atom stereocenters. The number of aromatic nitrogens is 3. The molecule has 10 nitrogen and oxygen atoms in total. The van der Waals surface area contributed by atoms with Crippen LogP contribution in [0.15, 0.2) is 53.6 Å². The van der Waals surface area contributed by atoms with Crippen molar-refractivity contribution in [2.45, 2.75) is 32.2 Å². The van der Waals surface area contributed by atoms with Gasteiger partial charge in [-0.1, -0.05) is 34.8 Å². The van der Waals surface area contributed by atoms with Crippen molar-refractivity contribution in [3.05, 3.63) is 79.8 Å². The number of aliphatic hydroxyl groups is 1. The molecule has 2 N–H and O–H groups in total. The molecule has 0 aliphatic carbocycles. The van der Waals surface area contributed by atoms with Gasteiger partial charge in [0.15, 0.2) is 0 Å². The smallest absolute Gasteiger partial charge is 0.343 e. The molecule has 0 radical (unpaired) electrons. The molecule has 4 aromatic rings. The summed E-state index contributed by atoms with van der Waals surface area (Å²) in [5.74, 6) is 0.169. The van der Waals surface area contributed by atoms with Crippen LogP contribution in [0.2, 0.25) is 15.2 Å². The lowest BCUT2D eigenvalue weighted by Gasteiger charge is -2.28. The lowest BCUT2D eigenvalue weighted by molar-refractivity contribution is 0.0524. The Balaban J connectivity index is 1.55. The molecule has 1 aliphatic rings. The van der Waals surface area contributed by atoms with Crippen molar-refractivity contribution < 1.29 is 19.4 Å². The molecule has 5 rings (SSSR count). The monoisotopic (exact) mass is 645 g/mol. The molecule has 1 saturated heterocycles. The number of fused-ring (bicyclic) bond motifs is 1. The van der Waals surface area contributed by atoms with E-state index in [2.05, 4.69) is 20.2 Å². The third-order valence-corrected chi connectivity index (χ3v) is 7.91. The highest BCUT2D eigenvalue weighted by Crippen LogP contribution is 2.36. The third kappa shape index (κ3) is 6.83. The minimum absolute atomic E-state index is 0.0447. The van der Waals surface area contributed by atoms with E-state index in [1.54, 1.807) is 42.0 Å². The number of nitrogens with one attached hydrogen (secondary N) is 1. The van der Waals surface area contributed by atoms with Crippen LogP contribution in [0.4, 0.5) is 11.5 Å². The second-order valence-corrected chi connectivity index (χ2v) is 11.1. The molecule has 0 bridgehead atoms. The van der Waals surface area contributed by atoms with Crippen molar-refractivity contribution in [1.82, 2.24) is 14.5 Å². The Morgan fingerprint density at radius 3 is 2.74 bits per heavy atom. The molecule has 13 heteroatoms. The summed E-state index contributed by atoms with van der Waals surface area (Å²) >= 11 is 19.1. The van der Waals surface area contributed by atoms with E-state index < -0.39 is 11.4 Å². The van der Waals surface area contributed by atoms with Crippen LogP contribution in [0.25, 0.3) is 16.6 Å². The van der Waals surface area contributed by atoms with Crippen LogP contribution in [-0.4, -0.2) is 64.6 Å². The maximum absolute atomic E-state index is 13.5. The number of aliphatic hydroxyl groups excluding tert-OH is 1. The van der Waals surface area contributed by atoms with Gasteiger partial charge in [0.1, 0.15) is 28.2 Å². The van der Waals surface area contributed by atoms with Crippen LogP contribution in [-0.2, 0) is 4.74 Å². The van der Waals surface area contributed by atoms with Gasteiger partial charge in [0, 0.05) is 31.3 Å². The summed E-state index contributed by atoms with van der Waals surface area (Å²) in [7, 11) is 0. The summed E-state index contributed by atoms with van der Waals surface area (Å²) in [6.45, 7) is 3.46. The van der Waals surface area contributed by atoms with Crippen molar-refractivity contribution >= 4 is 63.2 Å². The van der Waals surface area contributed by atoms with E-state index in [0.717, 1.165) is 25.1 Å². The first-order chi connectivity index (χ1) is 20.8. The molecular formula is C30H30Cl3N5O5. The minimum Gasteiger partial charge on any atom is -0.474 e. The Hall–Kier alpha value is -3.57. The highest BCUT2D eigenvalue weighted by Gasteiger charge is 2.29. The number of halogens is 3. The summed E-state index contributed by atoms with van der Waals surface area (Å²) in [6, 6.07) is 10.3. The second kappa shape index (κ2) is 13.8. The molecular weight excluding hydrogens is 617 g/mol. The molecule has 1 unspecified atom stereocenters. The maximum atomic E-state index is 13.5. The number of esters is 1. The van der Waals surface area contributed by atoms with Gasteiger partial charge < -0.3 is 29.4 Å². The summed E-state index contributed by atoms with van der Waals surface area (Å²) in [4.78, 5) is 37.1. The molecule has 1 fully saturated rings. The lowest BCUT2D eigenvalue weighted by Crippen LogP contribution is -2.34. The minimum atomic E-state index is -0.719. The molecule has 43 heavy (non-hydrogen) atoms. The van der Waals surface area contributed by atoms with Crippen LogP contribution in [0, 0.1) is 0 Å². The highest BCUT2D eigenvalue weighted by molar-refractivity contribution is 6.34. The number of hydrogen-bond donors (Lipinski definition) is 2. The zero-order chi connectivity index (χ0) is 30.5. The summed E-state index contributed by atoms with van der Waals surface area (Å²) < 4.78 is 12.9. The number of benzene rings is 1. The fourth-order valence-corrected chi connectivity index (χ4v) is 5.63. The van der Waals surface area contributed by atoms with Gasteiger partial charge in [-0.15, -0.1) is 0 Å². The summed E-state index contributed by atoms with van der Waals surface area (Å²) in [5.41, 5.74) is 1.31. The van der Waals surface area contributed by atoms with Gasteiger partial charge in [-0.2, -0.15) is 0 Å². The molecule has 1 aliphatic heterocycles. The number of ether oxygens (including phenoxy) is 2. The van der Waals surface area contributed by atoms with Crippen LogP contribution in [0.5, 0.6) is 5.88 Å². The van der Waals surface area contributed by atoms with Gasteiger partial charge in [-0.3, -0.25) is 4.79 Å². The Morgan fingerprint density at radius 2 is 2.00 bits per heavy atom. The topological polar surface area (TPSA) is 119 Å². The number of carbonyl (C=O) groups is 1. The van der Waals surface area contributed by atoms with E-state index in [-0.39, 0.29) is 41.2 Å². The number of hydrogen-bond acceptors (Lipinski definition) is 9. The van der Waals surface area contributed by atoms with Crippen molar-refractivity contribution in [3.8, 4) is 11.6 Å². The number of rotatable bonds is 11. The van der Waals surface area contributed by atoms with Crippen molar-refractivity contribution in [3.63, 3.8) is 0 Å². The lowest BCUT2D eigenvalue weighted by atomic mass is 10.1. The second-order valence-electron chi connectivity index (χ2n) is 9.91. The molecule has 226 valence electrons. The van der Waals surface area contributed by atoms with Gasteiger partial charge in [0.25, 0.3) is 0 Å². The zero-order valence-electron chi connectivity index (χ0n) is 23.4. The predicted molar refractivity (Wildman–Crippen MR) is 169 cm³/mol. The van der Waals surface area contributed by atoms with E-state index in [0.29, 0.717) is 46.6 Å². The van der Waals surface area contributed by atoms with E-state index in [4.69, 9.17) is 49.4 Å². The standard InChI is InChI=1S/C30H30Cl3N5O5/c1-2-42-30(41)21-16-38(18-6-9-27(35-15-18)34-10-4-12-39)24-14-25(23(32)13-20(24)28(21)40)37-11-3-5-19(37)17-43-29-22(31)7-8-26(33)36-29/h6-9,13-16,19,39H,2-5,10-12,17H2,1H3,(H,34,35). The Morgan fingerprint density at radius 1 is 1.16 bits per heavy atom. The van der Waals surface area contributed by atoms with E-state index in [1.807, 2.05) is 12.1 Å². The van der Waals surface area contributed by atoms with Crippen LogP contribution < -0.4 is 20.4 Å². The first kappa shape index (κ1) is 30.9. The fraction of sp³-hybridized carbons (Fsp3) is 0.333. The third-order valence-electron chi connectivity index (χ3n) is 7.11. The van der Waals surface area contributed by atoms with Crippen LogP contribution in [0.3, 0.4) is 0 Å². The van der Waals surface area contributed by atoms with Gasteiger partial charge >= 0.3 is 5.97 Å².